The van der Waals surface area contributed by atoms with Crippen molar-refractivity contribution in [3.8, 4) is 0 Å². The van der Waals surface area contributed by atoms with Crippen LogP contribution in [-0.4, -0.2) is 17.9 Å². The maximum atomic E-state index is 10.4. The lowest BCUT2D eigenvalue weighted by Gasteiger charge is -1.99. The van der Waals surface area contributed by atoms with Gasteiger partial charge in [0, 0.05) is 12.3 Å². The van der Waals surface area contributed by atoms with Crippen molar-refractivity contribution in [3.05, 3.63) is 11.6 Å². The van der Waals surface area contributed by atoms with Crippen molar-refractivity contribution in [3.63, 3.8) is 0 Å². The highest BCUT2D eigenvalue weighted by molar-refractivity contribution is 9.09. The van der Waals surface area contributed by atoms with Crippen LogP contribution in [0.25, 0.3) is 0 Å². The van der Waals surface area contributed by atoms with E-state index in [1.165, 1.54) is 12.5 Å². The molecule has 12 heavy (non-hydrogen) atoms. The molecule has 70 valence electrons. The number of halogens is 1. The van der Waals surface area contributed by atoms with Gasteiger partial charge in [-0.1, -0.05) is 21.5 Å². The molecular formula is C9H15BrO2. The average Bonchev–Trinajstić information content (AvgIpc) is 2.00. The van der Waals surface area contributed by atoms with E-state index < -0.39 is 0 Å². The van der Waals surface area contributed by atoms with Crippen LogP contribution in [0.2, 0.25) is 0 Å². The number of carbonyl (C=O) groups excluding carboxylic acids is 1. The predicted molar refractivity (Wildman–Crippen MR) is 53.4 cm³/mol. The summed E-state index contributed by atoms with van der Waals surface area (Å²) < 4.78 is 4.77. The van der Waals surface area contributed by atoms with E-state index in [0.29, 0.717) is 6.61 Å². The first-order valence-corrected chi connectivity index (χ1v) is 5.14. The summed E-state index contributed by atoms with van der Waals surface area (Å²) in [6, 6.07) is 0. The molecule has 0 atom stereocenters. The predicted octanol–water partition coefficient (Wildman–Crippen LogP) is 2.67. The van der Waals surface area contributed by atoms with Gasteiger partial charge in [0.2, 0.25) is 0 Å². The largest absolute Gasteiger partial charge is 0.462 e. The molecule has 0 heterocycles. The van der Waals surface area contributed by atoms with Crippen molar-refractivity contribution >= 4 is 21.9 Å². The van der Waals surface area contributed by atoms with Crippen LogP contribution < -0.4 is 0 Å². The molecule has 0 amide bonds. The third-order valence-electron chi connectivity index (χ3n) is 1.42. The summed E-state index contributed by atoms with van der Waals surface area (Å²) in [5.41, 5.74) is 1.27. The van der Waals surface area contributed by atoms with Crippen molar-refractivity contribution in [2.45, 2.75) is 26.7 Å². The molecule has 0 spiro atoms. The highest BCUT2D eigenvalue weighted by Crippen LogP contribution is 2.04. The third kappa shape index (κ3) is 7.79. The third-order valence-corrected chi connectivity index (χ3v) is 1.98. The summed E-state index contributed by atoms with van der Waals surface area (Å²) in [6.07, 6.45) is 4.14. The Morgan fingerprint density at radius 1 is 1.50 bits per heavy atom. The number of esters is 1. The van der Waals surface area contributed by atoms with Crippen molar-refractivity contribution < 1.29 is 9.53 Å². The minimum Gasteiger partial charge on any atom is -0.462 e. The fourth-order valence-corrected chi connectivity index (χ4v) is 1.03. The Morgan fingerprint density at radius 2 is 2.17 bits per heavy atom. The van der Waals surface area contributed by atoms with Gasteiger partial charge in [-0.05, 0) is 25.8 Å². The summed E-state index contributed by atoms with van der Waals surface area (Å²) in [5, 5.41) is 1.02. The van der Waals surface area contributed by atoms with Crippen molar-refractivity contribution in [2.24, 2.45) is 0 Å². The second kappa shape index (κ2) is 7.35. The van der Waals surface area contributed by atoms with Crippen LogP contribution in [-0.2, 0) is 9.53 Å². The Hall–Kier alpha value is -0.310. The van der Waals surface area contributed by atoms with Crippen molar-refractivity contribution in [1.82, 2.24) is 0 Å². The molecule has 0 aromatic heterocycles. The maximum Gasteiger partial charge on any atom is 0.302 e. The van der Waals surface area contributed by atoms with E-state index in [1.54, 1.807) is 0 Å². The Morgan fingerprint density at radius 3 is 2.67 bits per heavy atom. The number of allylic oxidation sites excluding steroid dienone is 1. The first kappa shape index (κ1) is 11.7. The summed E-state index contributed by atoms with van der Waals surface area (Å²) in [7, 11) is 0. The Balaban J connectivity index is 3.47. The van der Waals surface area contributed by atoms with Gasteiger partial charge < -0.3 is 4.74 Å². The van der Waals surface area contributed by atoms with Gasteiger partial charge in [-0.2, -0.15) is 0 Å². The Kier molecular flexibility index (Phi) is 7.16. The fourth-order valence-electron chi connectivity index (χ4n) is 0.749. The smallest absolute Gasteiger partial charge is 0.302 e. The number of alkyl halides is 1. The minimum absolute atomic E-state index is 0.223. The molecule has 0 saturated heterocycles. The lowest BCUT2D eigenvalue weighted by Crippen LogP contribution is -1.98. The van der Waals surface area contributed by atoms with Gasteiger partial charge in [0.15, 0.2) is 0 Å². The van der Waals surface area contributed by atoms with Crippen LogP contribution in [0.5, 0.6) is 0 Å². The molecule has 0 aliphatic rings. The molecule has 0 N–H and O–H groups in total. The number of carbonyl (C=O) groups is 1. The summed E-state index contributed by atoms with van der Waals surface area (Å²) in [4.78, 5) is 10.4. The molecule has 2 nitrogen and oxygen atoms in total. The van der Waals surface area contributed by atoms with E-state index in [0.717, 1.165) is 18.2 Å². The number of hydrogen-bond acceptors (Lipinski definition) is 2. The van der Waals surface area contributed by atoms with Crippen LogP contribution in [0.15, 0.2) is 11.6 Å². The summed E-state index contributed by atoms with van der Waals surface area (Å²) in [6.45, 7) is 3.87. The van der Waals surface area contributed by atoms with Crippen molar-refractivity contribution in [1.29, 1.82) is 0 Å². The van der Waals surface area contributed by atoms with E-state index in [9.17, 15) is 4.79 Å². The van der Waals surface area contributed by atoms with Gasteiger partial charge in [-0.3, -0.25) is 4.79 Å². The quantitative estimate of drug-likeness (QED) is 0.416. The molecule has 0 rings (SSSR count). The van der Waals surface area contributed by atoms with Crippen LogP contribution in [0.4, 0.5) is 0 Å². The molecule has 0 aliphatic carbocycles. The number of rotatable bonds is 5. The first-order valence-electron chi connectivity index (χ1n) is 4.01. The number of hydrogen-bond donors (Lipinski definition) is 0. The maximum absolute atomic E-state index is 10.4. The van der Waals surface area contributed by atoms with Crippen molar-refractivity contribution in [2.75, 3.05) is 11.9 Å². The highest BCUT2D eigenvalue weighted by atomic mass is 79.9. The van der Waals surface area contributed by atoms with E-state index in [1.807, 2.05) is 13.0 Å². The number of ether oxygens (including phenoxy) is 1. The molecule has 0 aromatic rings. The fraction of sp³-hybridized carbons (Fsp3) is 0.667. The monoisotopic (exact) mass is 234 g/mol. The first-order chi connectivity index (χ1) is 5.66. The average molecular weight is 235 g/mol. The molecule has 0 saturated carbocycles. The molecule has 0 fully saturated rings. The van der Waals surface area contributed by atoms with E-state index >= 15 is 0 Å². The normalized spacial score (nSPS) is 11.4. The van der Waals surface area contributed by atoms with Gasteiger partial charge >= 0.3 is 5.97 Å². The van der Waals surface area contributed by atoms with Gasteiger partial charge in [-0.25, -0.2) is 0 Å². The van der Waals surface area contributed by atoms with Gasteiger partial charge in [0.25, 0.3) is 0 Å². The van der Waals surface area contributed by atoms with E-state index in [-0.39, 0.29) is 5.97 Å². The van der Waals surface area contributed by atoms with Gasteiger partial charge in [-0.15, -0.1) is 0 Å². The molecule has 0 radical (unpaired) electrons. The van der Waals surface area contributed by atoms with Gasteiger partial charge in [0.05, 0.1) is 0 Å². The van der Waals surface area contributed by atoms with Crippen LogP contribution >= 0.6 is 15.9 Å². The molecule has 3 heteroatoms. The molecule has 0 bridgehead atoms. The zero-order valence-electron chi connectivity index (χ0n) is 7.60. The molecule has 0 unspecified atom stereocenters. The van der Waals surface area contributed by atoms with Crippen LogP contribution in [0.1, 0.15) is 26.7 Å². The molecule has 0 aliphatic heterocycles. The topological polar surface area (TPSA) is 26.3 Å². The lowest BCUT2D eigenvalue weighted by atomic mass is 10.2. The zero-order valence-corrected chi connectivity index (χ0v) is 9.19. The van der Waals surface area contributed by atoms with E-state index in [2.05, 4.69) is 15.9 Å². The second-order valence-corrected chi connectivity index (χ2v) is 3.44. The second-order valence-electron chi connectivity index (χ2n) is 2.65. The Bertz CT molecular complexity index is 164. The lowest BCUT2D eigenvalue weighted by molar-refractivity contribution is -0.139. The minimum atomic E-state index is -0.223. The van der Waals surface area contributed by atoms with Crippen LogP contribution in [0.3, 0.4) is 0 Å². The zero-order chi connectivity index (χ0) is 9.40. The standard InChI is InChI=1S/C9H15BrO2/c1-8(4-3-6-10)5-7-12-9(2)11/h5H,3-4,6-7H2,1-2H3/b8-5+. The molecule has 0 aromatic carbocycles. The highest BCUT2D eigenvalue weighted by Gasteiger charge is 1.91. The van der Waals surface area contributed by atoms with Crippen LogP contribution in [0, 0.1) is 0 Å². The summed E-state index contributed by atoms with van der Waals surface area (Å²) in [5.74, 6) is -0.223. The van der Waals surface area contributed by atoms with E-state index in [4.69, 9.17) is 4.74 Å². The Labute approximate surface area is 82.1 Å². The van der Waals surface area contributed by atoms with Gasteiger partial charge in [0.1, 0.15) is 6.61 Å². The summed E-state index contributed by atoms with van der Waals surface area (Å²) >= 11 is 3.36. The molecular weight excluding hydrogens is 220 g/mol. The SMILES string of the molecule is CC(=O)OC/C=C(\C)CCCBr.